The Bertz CT molecular complexity index is 1210. The summed E-state index contributed by atoms with van der Waals surface area (Å²) in [4.78, 5) is 20.3. The van der Waals surface area contributed by atoms with Crippen molar-refractivity contribution in [2.24, 2.45) is 5.10 Å². The predicted molar refractivity (Wildman–Crippen MR) is 116 cm³/mol. The van der Waals surface area contributed by atoms with Gasteiger partial charge in [-0.05, 0) is 60.2 Å². The first kappa shape index (κ1) is 19.2. The van der Waals surface area contributed by atoms with Gasteiger partial charge in [0.1, 0.15) is 17.3 Å². The van der Waals surface area contributed by atoms with Gasteiger partial charge in [0.2, 0.25) is 0 Å². The second-order valence-electron chi connectivity index (χ2n) is 6.52. The highest BCUT2D eigenvalue weighted by atomic mass is 16.5. The maximum atomic E-state index is 12.5. The summed E-state index contributed by atoms with van der Waals surface area (Å²) in [5.41, 5.74) is 6.32. The maximum Gasteiger partial charge on any atom is 0.271 e. The van der Waals surface area contributed by atoms with E-state index in [1.165, 1.54) is 0 Å². The van der Waals surface area contributed by atoms with Crippen molar-refractivity contribution in [3.63, 3.8) is 0 Å². The molecule has 7 nitrogen and oxygen atoms in total. The molecule has 3 aromatic carbocycles. The fourth-order valence-corrected chi connectivity index (χ4v) is 2.99. The minimum Gasteiger partial charge on any atom is -0.497 e. The van der Waals surface area contributed by atoms with Crippen molar-refractivity contribution in [1.29, 1.82) is 0 Å². The standard InChI is InChI=1S/C23H20N4O3/c1-29-18-9-6-16(7-10-18)22-25-20-11-8-17(13-21(20)26-22)23(28)27-24-14-15-4-3-5-19(12-15)30-2/h3-14H,1-2H3,(H,25,26)(H,27,28). The van der Waals surface area contributed by atoms with Crippen molar-refractivity contribution >= 4 is 23.2 Å². The van der Waals surface area contributed by atoms with Crippen LogP contribution >= 0.6 is 0 Å². The van der Waals surface area contributed by atoms with Gasteiger partial charge in [0.05, 0.1) is 31.5 Å². The van der Waals surface area contributed by atoms with Gasteiger partial charge in [-0.3, -0.25) is 4.79 Å². The highest BCUT2D eigenvalue weighted by Gasteiger charge is 2.10. The van der Waals surface area contributed by atoms with Crippen LogP contribution in [0.15, 0.2) is 71.8 Å². The number of rotatable bonds is 6. The Kier molecular flexibility index (Phi) is 5.43. The maximum absolute atomic E-state index is 12.5. The molecule has 0 unspecified atom stereocenters. The Morgan fingerprint density at radius 1 is 1.00 bits per heavy atom. The van der Waals surface area contributed by atoms with Gasteiger partial charge >= 0.3 is 0 Å². The number of aromatic nitrogens is 2. The zero-order valence-corrected chi connectivity index (χ0v) is 16.5. The number of hydrogen-bond acceptors (Lipinski definition) is 5. The van der Waals surface area contributed by atoms with E-state index < -0.39 is 0 Å². The summed E-state index contributed by atoms with van der Waals surface area (Å²) in [6.07, 6.45) is 1.57. The second-order valence-corrected chi connectivity index (χ2v) is 6.52. The lowest BCUT2D eigenvalue weighted by Gasteiger charge is -2.01. The largest absolute Gasteiger partial charge is 0.497 e. The first-order valence-electron chi connectivity index (χ1n) is 9.28. The second kappa shape index (κ2) is 8.48. The van der Waals surface area contributed by atoms with Crippen LogP contribution in [-0.2, 0) is 0 Å². The Morgan fingerprint density at radius 3 is 2.57 bits per heavy atom. The molecule has 0 bridgehead atoms. The van der Waals surface area contributed by atoms with E-state index >= 15 is 0 Å². The predicted octanol–water partition coefficient (Wildman–Crippen LogP) is 4.01. The minimum absolute atomic E-state index is 0.309. The molecule has 0 saturated carbocycles. The summed E-state index contributed by atoms with van der Waals surface area (Å²) in [5.74, 6) is 1.92. The van der Waals surface area contributed by atoms with E-state index in [0.717, 1.165) is 39.5 Å². The van der Waals surface area contributed by atoms with Crippen LogP contribution in [0.3, 0.4) is 0 Å². The summed E-state index contributed by atoms with van der Waals surface area (Å²) < 4.78 is 10.4. The summed E-state index contributed by atoms with van der Waals surface area (Å²) >= 11 is 0. The number of aromatic amines is 1. The Hall–Kier alpha value is -4.13. The fraction of sp³-hybridized carbons (Fsp3) is 0.0870. The Morgan fingerprint density at radius 2 is 1.80 bits per heavy atom. The van der Waals surface area contributed by atoms with Gasteiger partial charge < -0.3 is 14.5 Å². The molecule has 4 aromatic rings. The first-order chi connectivity index (χ1) is 14.7. The van der Waals surface area contributed by atoms with E-state index in [1.807, 2.05) is 48.5 Å². The van der Waals surface area contributed by atoms with Gasteiger partial charge in [-0.25, -0.2) is 10.4 Å². The third-order valence-corrected chi connectivity index (χ3v) is 4.58. The van der Waals surface area contributed by atoms with Crippen molar-refractivity contribution in [3.8, 4) is 22.9 Å². The summed E-state index contributed by atoms with van der Waals surface area (Å²) in [7, 11) is 3.23. The lowest BCUT2D eigenvalue weighted by molar-refractivity contribution is 0.0955. The molecule has 0 aliphatic rings. The molecule has 1 amide bonds. The number of hydrazone groups is 1. The lowest BCUT2D eigenvalue weighted by Crippen LogP contribution is -2.17. The van der Waals surface area contributed by atoms with Gasteiger partial charge in [-0.1, -0.05) is 12.1 Å². The molecule has 30 heavy (non-hydrogen) atoms. The molecule has 0 aliphatic carbocycles. The molecule has 1 heterocycles. The van der Waals surface area contributed by atoms with Crippen molar-refractivity contribution in [2.45, 2.75) is 0 Å². The van der Waals surface area contributed by atoms with Gasteiger partial charge in [0.15, 0.2) is 0 Å². The minimum atomic E-state index is -0.309. The number of imidazole rings is 1. The smallest absolute Gasteiger partial charge is 0.271 e. The SMILES string of the molecule is COc1ccc(-c2nc3ccc(C(=O)NN=Cc4cccc(OC)c4)cc3[nH]2)cc1. The third-order valence-electron chi connectivity index (χ3n) is 4.58. The summed E-state index contributed by atoms with van der Waals surface area (Å²) in [6, 6.07) is 20.3. The first-order valence-corrected chi connectivity index (χ1v) is 9.28. The normalized spacial score (nSPS) is 11.0. The number of fused-ring (bicyclic) bond motifs is 1. The number of H-pyrrole nitrogens is 1. The fourth-order valence-electron chi connectivity index (χ4n) is 2.99. The Labute approximate surface area is 173 Å². The van der Waals surface area contributed by atoms with Crippen LogP contribution in [0, 0.1) is 0 Å². The number of hydrogen-bond donors (Lipinski definition) is 2. The number of nitrogens with one attached hydrogen (secondary N) is 2. The number of carbonyl (C=O) groups excluding carboxylic acids is 1. The molecule has 1 aromatic heterocycles. The van der Waals surface area contributed by atoms with E-state index in [2.05, 4.69) is 20.5 Å². The van der Waals surface area contributed by atoms with E-state index in [4.69, 9.17) is 9.47 Å². The topological polar surface area (TPSA) is 88.6 Å². The van der Waals surface area contributed by atoms with Crippen LogP contribution in [0.5, 0.6) is 11.5 Å². The van der Waals surface area contributed by atoms with Gasteiger partial charge in [-0.2, -0.15) is 5.10 Å². The number of ether oxygens (including phenoxy) is 2. The molecular weight excluding hydrogens is 380 g/mol. The molecule has 7 heteroatoms. The van der Waals surface area contributed by atoms with E-state index in [9.17, 15) is 4.79 Å². The highest BCUT2D eigenvalue weighted by molar-refractivity contribution is 5.98. The van der Waals surface area contributed by atoms with Crippen molar-refractivity contribution < 1.29 is 14.3 Å². The van der Waals surface area contributed by atoms with E-state index in [1.54, 1.807) is 38.6 Å². The summed E-state index contributed by atoms with van der Waals surface area (Å²) in [5, 5.41) is 4.02. The number of benzene rings is 3. The summed E-state index contributed by atoms with van der Waals surface area (Å²) in [6.45, 7) is 0. The molecule has 0 spiro atoms. The van der Waals surface area contributed by atoms with Crippen molar-refractivity contribution in [2.75, 3.05) is 14.2 Å². The van der Waals surface area contributed by atoms with E-state index in [-0.39, 0.29) is 5.91 Å². The zero-order valence-electron chi connectivity index (χ0n) is 16.5. The molecule has 0 radical (unpaired) electrons. The quantitative estimate of drug-likeness (QED) is 0.378. The molecule has 0 atom stereocenters. The van der Waals surface area contributed by atoms with Crippen LogP contribution in [-0.4, -0.2) is 36.3 Å². The number of nitrogens with zero attached hydrogens (tertiary/aromatic N) is 2. The van der Waals surface area contributed by atoms with Gasteiger partial charge in [0, 0.05) is 11.1 Å². The average molecular weight is 400 g/mol. The van der Waals surface area contributed by atoms with Crippen molar-refractivity contribution in [1.82, 2.24) is 15.4 Å². The average Bonchev–Trinajstić information content (AvgIpc) is 3.22. The third kappa shape index (κ3) is 4.15. The number of methoxy groups -OCH3 is 2. The van der Waals surface area contributed by atoms with Crippen molar-refractivity contribution in [3.05, 3.63) is 77.9 Å². The molecule has 4 rings (SSSR count). The van der Waals surface area contributed by atoms with Crippen LogP contribution in [0.2, 0.25) is 0 Å². The van der Waals surface area contributed by atoms with Crippen LogP contribution in [0.1, 0.15) is 15.9 Å². The van der Waals surface area contributed by atoms with Gasteiger partial charge in [-0.15, -0.1) is 0 Å². The number of carbonyl (C=O) groups is 1. The molecular formula is C23H20N4O3. The lowest BCUT2D eigenvalue weighted by atomic mass is 10.2. The monoisotopic (exact) mass is 400 g/mol. The highest BCUT2D eigenvalue weighted by Crippen LogP contribution is 2.23. The Balaban J connectivity index is 1.49. The molecule has 0 saturated heterocycles. The molecule has 150 valence electrons. The van der Waals surface area contributed by atoms with Crippen LogP contribution < -0.4 is 14.9 Å². The zero-order chi connectivity index (χ0) is 20.9. The van der Waals surface area contributed by atoms with Gasteiger partial charge in [0.25, 0.3) is 5.91 Å². The van der Waals surface area contributed by atoms with Crippen LogP contribution in [0.25, 0.3) is 22.4 Å². The number of amides is 1. The molecule has 0 aliphatic heterocycles. The molecule has 0 fully saturated rings. The molecule has 2 N–H and O–H groups in total. The van der Waals surface area contributed by atoms with E-state index in [0.29, 0.717) is 5.56 Å². The van der Waals surface area contributed by atoms with Crippen LogP contribution in [0.4, 0.5) is 0 Å².